The van der Waals surface area contributed by atoms with Gasteiger partial charge in [-0.3, -0.25) is 4.79 Å². The number of anilines is 1. The maximum absolute atomic E-state index is 13.6. The molecule has 2 aromatic rings. The van der Waals surface area contributed by atoms with Gasteiger partial charge in [0.2, 0.25) is 0 Å². The highest BCUT2D eigenvalue weighted by Crippen LogP contribution is 2.29. The Morgan fingerprint density at radius 3 is 2.44 bits per heavy atom. The van der Waals surface area contributed by atoms with E-state index in [0.717, 1.165) is 6.07 Å². The van der Waals surface area contributed by atoms with E-state index in [2.05, 4.69) is 5.32 Å². The topological polar surface area (TPSA) is 73.9 Å². The van der Waals surface area contributed by atoms with Crippen LogP contribution in [0.1, 0.15) is 17.3 Å². The lowest BCUT2D eigenvalue weighted by atomic mass is 10.2. The Labute approximate surface area is 144 Å². The molecule has 7 heteroatoms. The number of esters is 1. The van der Waals surface area contributed by atoms with Crippen molar-refractivity contribution in [3.8, 4) is 11.5 Å². The molecule has 1 atom stereocenters. The molecule has 0 aliphatic heterocycles. The number of rotatable bonds is 6. The fraction of sp³-hybridized carbons (Fsp3) is 0.222. The van der Waals surface area contributed by atoms with Gasteiger partial charge in [0.25, 0.3) is 5.91 Å². The Balaban J connectivity index is 2.08. The van der Waals surface area contributed by atoms with Crippen LogP contribution in [0.25, 0.3) is 0 Å². The molecule has 2 aromatic carbocycles. The maximum atomic E-state index is 13.6. The minimum absolute atomic E-state index is 0.235. The molecule has 0 aliphatic rings. The number of nitrogens with one attached hydrogen (secondary N) is 1. The molecule has 1 amide bonds. The van der Waals surface area contributed by atoms with E-state index in [0.29, 0.717) is 17.2 Å². The first-order valence-electron chi connectivity index (χ1n) is 7.44. The number of carbonyl (C=O) groups is 2. The zero-order chi connectivity index (χ0) is 18.4. The summed E-state index contributed by atoms with van der Waals surface area (Å²) in [6.07, 6.45) is -1.14. The highest BCUT2D eigenvalue weighted by Gasteiger charge is 2.22. The normalized spacial score (nSPS) is 11.4. The van der Waals surface area contributed by atoms with E-state index in [-0.39, 0.29) is 5.56 Å². The number of hydrogen-bond acceptors (Lipinski definition) is 5. The average Bonchev–Trinajstić information content (AvgIpc) is 2.61. The first-order valence-corrected chi connectivity index (χ1v) is 7.44. The second-order valence-electron chi connectivity index (χ2n) is 5.08. The molecule has 25 heavy (non-hydrogen) atoms. The quantitative estimate of drug-likeness (QED) is 0.813. The molecule has 1 unspecified atom stereocenters. The maximum Gasteiger partial charge on any atom is 0.341 e. The number of halogens is 1. The summed E-state index contributed by atoms with van der Waals surface area (Å²) in [5.41, 5.74) is 0.127. The molecule has 0 spiro atoms. The summed E-state index contributed by atoms with van der Waals surface area (Å²) < 4.78 is 28.9. The van der Waals surface area contributed by atoms with Gasteiger partial charge in [0.05, 0.1) is 25.5 Å². The molecule has 0 saturated carbocycles. The summed E-state index contributed by atoms with van der Waals surface area (Å²) in [4.78, 5) is 24.2. The number of methoxy groups -OCH3 is 2. The summed E-state index contributed by atoms with van der Waals surface area (Å²) in [5, 5.41) is 2.59. The molecule has 0 bridgehead atoms. The smallest absolute Gasteiger partial charge is 0.341 e. The SMILES string of the molecule is COc1ccc(OC)c(NC(=O)C(C)OC(=O)c2ccccc2F)c1. The highest BCUT2D eigenvalue weighted by molar-refractivity contribution is 5.98. The van der Waals surface area contributed by atoms with Crippen LogP contribution in [0.4, 0.5) is 10.1 Å². The van der Waals surface area contributed by atoms with Crippen molar-refractivity contribution in [3.63, 3.8) is 0 Å². The van der Waals surface area contributed by atoms with Crippen LogP contribution in [0.3, 0.4) is 0 Å². The Hall–Kier alpha value is -3.09. The van der Waals surface area contributed by atoms with Crippen molar-refractivity contribution in [2.75, 3.05) is 19.5 Å². The monoisotopic (exact) mass is 347 g/mol. The third-order valence-corrected chi connectivity index (χ3v) is 3.41. The largest absolute Gasteiger partial charge is 0.497 e. The van der Waals surface area contributed by atoms with Gasteiger partial charge in [0.15, 0.2) is 6.10 Å². The van der Waals surface area contributed by atoms with Gasteiger partial charge >= 0.3 is 5.97 Å². The Bertz CT molecular complexity index is 778. The van der Waals surface area contributed by atoms with Gasteiger partial charge in [0.1, 0.15) is 17.3 Å². The lowest BCUT2D eigenvalue weighted by molar-refractivity contribution is -0.123. The molecular weight excluding hydrogens is 329 g/mol. The van der Waals surface area contributed by atoms with Crippen molar-refractivity contribution in [2.24, 2.45) is 0 Å². The number of hydrogen-bond donors (Lipinski definition) is 1. The van der Waals surface area contributed by atoms with E-state index < -0.39 is 23.8 Å². The van der Waals surface area contributed by atoms with Crippen molar-refractivity contribution in [1.29, 1.82) is 0 Å². The van der Waals surface area contributed by atoms with Crippen LogP contribution < -0.4 is 14.8 Å². The van der Waals surface area contributed by atoms with Gasteiger partial charge in [-0.2, -0.15) is 0 Å². The average molecular weight is 347 g/mol. The van der Waals surface area contributed by atoms with Crippen LogP contribution in [0, 0.1) is 5.82 Å². The first-order chi connectivity index (χ1) is 12.0. The molecule has 0 radical (unpaired) electrons. The van der Waals surface area contributed by atoms with Crippen molar-refractivity contribution in [1.82, 2.24) is 0 Å². The second kappa shape index (κ2) is 8.14. The third-order valence-electron chi connectivity index (χ3n) is 3.41. The van der Waals surface area contributed by atoms with Gasteiger partial charge in [-0.25, -0.2) is 9.18 Å². The van der Waals surface area contributed by atoms with Crippen molar-refractivity contribution < 1.29 is 28.2 Å². The summed E-state index contributed by atoms with van der Waals surface area (Å²) in [5.74, 6) is -1.28. The molecular formula is C18H18FNO5. The van der Waals surface area contributed by atoms with Gasteiger partial charge < -0.3 is 19.5 Å². The van der Waals surface area contributed by atoms with Crippen LogP contribution >= 0.6 is 0 Å². The van der Waals surface area contributed by atoms with Gasteiger partial charge in [-0.1, -0.05) is 12.1 Å². The second-order valence-corrected chi connectivity index (χ2v) is 5.08. The van der Waals surface area contributed by atoms with Gasteiger partial charge in [-0.15, -0.1) is 0 Å². The predicted octanol–water partition coefficient (Wildman–Crippen LogP) is 3.03. The molecule has 132 valence electrons. The van der Waals surface area contributed by atoms with Gasteiger partial charge in [-0.05, 0) is 31.2 Å². The third kappa shape index (κ3) is 4.47. The van der Waals surface area contributed by atoms with E-state index in [1.807, 2.05) is 0 Å². The zero-order valence-corrected chi connectivity index (χ0v) is 14.0. The summed E-state index contributed by atoms with van der Waals surface area (Å²) in [6.45, 7) is 1.39. The summed E-state index contributed by atoms with van der Waals surface area (Å²) >= 11 is 0. The van der Waals surface area contributed by atoms with Crippen molar-refractivity contribution in [2.45, 2.75) is 13.0 Å². The van der Waals surface area contributed by atoms with Crippen LogP contribution in [0.5, 0.6) is 11.5 Å². The van der Waals surface area contributed by atoms with Crippen LogP contribution in [-0.2, 0) is 9.53 Å². The number of benzene rings is 2. The van der Waals surface area contributed by atoms with E-state index >= 15 is 0 Å². The summed E-state index contributed by atoms with van der Waals surface area (Å²) in [7, 11) is 2.95. The summed E-state index contributed by atoms with van der Waals surface area (Å²) in [6, 6.07) is 10.3. The first kappa shape index (κ1) is 18.3. The Morgan fingerprint density at radius 2 is 1.80 bits per heavy atom. The molecule has 0 aliphatic carbocycles. The minimum atomic E-state index is -1.14. The molecule has 0 aromatic heterocycles. The lowest BCUT2D eigenvalue weighted by Gasteiger charge is -2.16. The Kier molecular flexibility index (Phi) is 5.94. The Morgan fingerprint density at radius 1 is 1.08 bits per heavy atom. The molecule has 1 N–H and O–H groups in total. The van der Waals surface area contributed by atoms with E-state index in [1.165, 1.54) is 39.3 Å². The van der Waals surface area contributed by atoms with E-state index in [9.17, 15) is 14.0 Å². The number of amides is 1. The van der Waals surface area contributed by atoms with Crippen LogP contribution in [0.2, 0.25) is 0 Å². The van der Waals surface area contributed by atoms with Gasteiger partial charge in [0, 0.05) is 6.07 Å². The molecule has 0 saturated heterocycles. The fourth-order valence-corrected chi connectivity index (χ4v) is 2.05. The minimum Gasteiger partial charge on any atom is -0.497 e. The van der Waals surface area contributed by atoms with E-state index in [1.54, 1.807) is 18.2 Å². The standard InChI is InChI=1S/C18H18FNO5/c1-11(25-18(22)13-6-4-5-7-14(13)19)17(21)20-15-10-12(23-2)8-9-16(15)24-3/h4-11H,1-3H3,(H,20,21). The van der Waals surface area contributed by atoms with Crippen molar-refractivity contribution >= 4 is 17.6 Å². The highest BCUT2D eigenvalue weighted by atomic mass is 19.1. The molecule has 2 rings (SSSR count). The molecule has 0 heterocycles. The van der Waals surface area contributed by atoms with Crippen LogP contribution in [-0.4, -0.2) is 32.2 Å². The molecule has 0 fully saturated rings. The number of ether oxygens (including phenoxy) is 3. The lowest BCUT2D eigenvalue weighted by Crippen LogP contribution is -2.30. The van der Waals surface area contributed by atoms with Crippen molar-refractivity contribution in [3.05, 3.63) is 53.8 Å². The fourth-order valence-electron chi connectivity index (χ4n) is 2.05. The zero-order valence-electron chi connectivity index (χ0n) is 14.0. The van der Waals surface area contributed by atoms with Crippen LogP contribution in [0.15, 0.2) is 42.5 Å². The predicted molar refractivity (Wildman–Crippen MR) is 89.5 cm³/mol. The molecule has 6 nitrogen and oxygen atoms in total. The van der Waals surface area contributed by atoms with E-state index in [4.69, 9.17) is 14.2 Å². The number of carbonyl (C=O) groups excluding carboxylic acids is 2.